The third-order valence-corrected chi connectivity index (χ3v) is 5.80. The van der Waals surface area contributed by atoms with Crippen LogP contribution in [0.2, 0.25) is 0 Å². The van der Waals surface area contributed by atoms with E-state index in [0.717, 1.165) is 19.3 Å². The number of carbonyl (C=O) groups is 1. The molecule has 1 saturated heterocycles. The summed E-state index contributed by atoms with van der Waals surface area (Å²) >= 11 is 0. The van der Waals surface area contributed by atoms with Crippen LogP contribution < -0.4 is 5.32 Å². The van der Waals surface area contributed by atoms with Crippen LogP contribution >= 0.6 is 0 Å². The van der Waals surface area contributed by atoms with Gasteiger partial charge in [-0.05, 0) is 13.3 Å². The second-order valence-corrected chi connectivity index (χ2v) is 8.40. The van der Waals surface area contributed by atoms with Crippen molar-refractivity contribution in [3.05, 3.63) is 0 Å². The molecular formula is C22H43NO6. The van der Waals surface area contributed by atoms with Gasteiger partial charge in [-0.25, -0.2) is 0 Å². The Morgan fingerprint density at radius 2 is 1.31 bits per heavy atom. The summed E-state index contributed by atoms with van der Waals surface area (Å²) in [6.07, 6.45) is 6.98. The monoisotopic (exact) mass is 417 g/mol. The highest BCUT2D eigenvalue weighted by Crippen LogP contribution is 2.23. The highest BCUT2D eigenvalue weighted by atomic mass is 16.5. The van der Waals surface area contributed by atoms with Crippen molar-refractivity contribution >= 4 is 5.91 Å². The van der Waals surface area contributed by atoms with Crippen molar-refractivity contribution in [2.24, 2.45) is 0 Å². The van der Waals surface area contributed by atoms with E-state index in [4.69, 9.17) is 4.74 Å². The average Bonchev–Trinajstić information content (AvgIpc) is 2.71. The Labute approximate surface area is 175 Å². The lowest BCUT2D eigenvalue weighted by atomic mass is 9.92. The highest BCUT2D eigenvalue weighted by molar-refractivity contribution is 5.81. The SMILES string of the molecule is CCCCCCCCCCCCCCNC(=O)C(O)C1O[C@@H](C)[C@H](O)[C@@H](O)[C@H]1O. The van der Waals surface area contributed by atoms with E-state index in [-0.39, 0.29) is 0 Å². The molecular weight excluding hydrogens is 374 g/mol. The van der Waals surface area contributed by atoms with Crippen LogP contribution in [0.1, 0.15) is 90.9 Å². The van der Waals surface area contributed by atoms with Gasteiger partial charge in [0.15, 0.2) is 6.10 Å². The number of hydrogen-bond donors (Lipinski definition) is 5. The van der Waals surface area contributed by atoms with E-state index < -0.39 is 42.5 Å². The third kappa shape index (κ3) is 9.75. The maximum absolute atomic E-state index is 12.1. The maximum atomic E-state index is 12.1. The average molecular weight is 418 g/mol. The van der Waals surface area contributed by atoms with Crippen LogP contribution in [-0.2, 0) is 9.53 Å². The highest BCUT2D eigenvalue weighted by Gasteiger charge is 2.46. The van der Waals surface area contributed by atoms with E-state index in [0.29, 0.717) is 6.54 Å². The minimum absolute atomic E-state index is 0.455. The predicted octanol–water partition coefficient (Wildman–Crippen LogP) is 2.03. The summed E-state index contributed by atoms with van der Waals surface area (Å²) in [6.45, 7) is 4.21. The van der Waals surface area contributed by atoms with Crippen molar-refractivity contribution in [3.8, 4) is 0 Å². The Morgan fingerprint density at radius 1 is 0.828 bits per heavy atom. The molecule has 1 rings (SSSR count). The van der Waals surface area contributed by atoms with Gasteiger partial charge in [-0.2, -0.15) is 0 Å². The lowest BCUT2D eigenvalue weighted by molar-refractivity contribution is -0.236. The molecule has 1 aliphatic heterocycles. The molecule has 0 aromatic rings. The Kier molecular flexibility index (Phi) is 13.7. The molecule has 0 aromatic heterocycles. The number of hydrogen-bond acceptors (Lipinski definition) is 6. The summed E-state index contributed by atoms with van der Waals surface area (Å²) in [5.41, 5.74) is 0. The van der Waals surface area contributed by atoms with E-state index in [1.54, 1.807) is 0 Å². The fourth-order valence-electron chi connectivity index (χ4n) is 3.78. The van der Waals surface area contributed by atoms with Crippen molar-refractivity contribution < 1.29 is 30.0 Å². The molecule has 7 nitrogen and oxygen atoms in total. The topological polar surface area (TPSA) is 119 Å². The van der Waals surface area contributed by atoms with E-state index in [2.05, 4.69) is 12.2 Å². The second kappa shape index (κ2) is 15.1. The fourth-order valence-corrected chi connectivity index (χ4v) is 3.78. The number of ether oxygens (including phenoxy) is 1. The van der Waals surface area contributed by atoms with Crippen LogP contribution in [-0.4, -0.2) is 69.5 Å². The molecule has 5 N–H and O–H groups in total. The fraction of sp³-hybridized carbons (Fsp3) is 0.955. The number of carbonyl (C=O) groups excluding carboxylic acids is 1. The molecule has 2 unspecified atom stereocenters. The van der Waals surface area contributed by atoms with Crippen LogP contribution in [0.4, 0.5) is 0 Å². The summed E-state index contributed by atoms with van der Waals surface area (Å²) in [6, 6.07) is 0. The molecule has 29 heavy (non-hydrogen) atoms. The van der Waals surface area contributed by atoms with Crippen molar-refractivity contribution in [3.63, 3.8) is 0 Å². The summed E-state index contributed by atoms with van der Waals surface area (Å²) in [7, 11) is 0. The Morgan fingerprint density at radius 3 is 1.83 bits per heavy atom. The number of aliphatic hydroxyl groups is 4. The van der Waals surface area contributed by atoms with Crippen molar-refractivity contribution in [2.75, 3.05) is 6.54 Å². The zero-order valence-electron chi connectivity index (χ0n) is 18.3. The first-order valence-electron chi connectivity index (χ1n) is 11.6. The number of aliphatic hydroxyl groups excluding tert-OH is 4. The molecule has 0 aromatic carbocycles. The molecule has 0 aliphatic carbocycles. The van der Waals surface area contributed by atoms with Gasteiger partial charge in [-0.1, -0.05) is 77.6 Å². The number of amides is 1. The van der Waals surface area contributed by atoms with E-state index >= 15 is 0 Å². The quantitative estimate of drug-likeness (QED) is 0.260. The van der Waals surface area contributed by atoms with Gasteiger partial charge in [0, 0.05) is 6.54 Å². The first-order chi connectivity index (χ1) is 13.9. The summed E-state index contributed by atoms with van der Waals surface area (Å²) in [5, 5.41) is 42.2. The molecule has 6 atom stereocenters. The van der Waals surface area contributed by atoms with Gasteiger partial charge < -0.3 is 30.5 Å². The van der Waals surface area contributed by atoms with Crippen LogP contribution in [0.15, 0.2) is 0 Å². The Balaban J connectivity index is 2.05. The van der Waals surface area contributed by atoms with Gasteiger partial charge in [0.2, 0.25) is 0 Å². The lowest BCUT2D eigenvalue weighted by Crippen LogP contribution is -2.62. The molecule has 7 heteroatoms. The van der Waals surface area contributed by atoms with Crippen molar-refractivity contribution in [1.29, 1.82) is 0 Å². The zero-order valence-corrected chi connectivity index (χ0v) is 18.3. The Hall–Kier alpha value is -0.730. The van der Waals surface area contributed by atoms with E-state index in [9.17, 15) is 25.2 Å². The smallest absolute Gasteiger partial charge is 0.251 e. The van der Waals surface area contributed by atoms with E-state index in [1.807, 2.05) is 0 Å². The number of nitrogens with one attached hydrogen (secondary N) is 1. The molecule has 0 saturated carbocycles. The lowest BCUT2D eigenvalue weighted by Gasteiger charge is -2.40. The summed E-state index contributed by atoms with van der Waals surface area (Å²) in [4.78, 5) is 12.1. The van der Waals surface area contributed by atoms with E-state index in [1.165, 1.54) is 64.7 Å². The molecule has 0 bridgehead atoms. The first-order valence-corrected chi connectivity index (χ1v) is 11.6. The minimum atomic E-state index is -1.59. The van der Waals surface area contributed by atoms with Crippen LogP contribution in [0.5, 0.6) is 0 Å². The second-order valence-electron chi connectivity index (χ2n) is 8.40. The molecule has 0 spiro atoms. The number of unbranched alkanes of at least 4 members (excludes halogenated alkanes) is 11. The third-order valence-electron chi connectivity index (χ3n) is 5.80. The predicted molar refractivity (Wildman–Crippen MR) is 112 cm³/mol. The standard InChI is InChI=1S/C22H43NO6/c1-3-4-5-6-7-8-9-10-11-12-13-14-15-23-22(28)20(27)21-19(26)18(25)17(24)16(2)29-21/h16-21,24-27H,3-15H2,1-2H3,(H,23,28)/t16-,17-,18+,19+,20?,21?/m0/s1. The molecule has 1 fully saturated rings. The molecule has 172 valence electrons. The maximum Gasteiger partial charge on any atom is 0.251 e. The normalized spacial score (nSPS) is 28.3. The Bertz CT molecular complexity index is 436. The number of rotatable bonds is 15. The summed E-state index contributed by atoms with van der Waals surface area (Å²) in [5.74, 6) is -0.632. The van der Waals surface area contributed by atoms with Crippen molar-refractivity contribution in [1.82, 2.24) is 5.32 Å². The van der Waals surface area contributed by atoms with Gasteiger partial charge >= 0.3 is 0 Å². The van der Waals surface area contributed by atoms with Gasteiger partial charge in [0.05, 0.1) is 6.10 Å². The van der Waals surface area contributed by atoms with Crippen molar-refractivity contribution in [2.45, 2.75) is 128 Å². The van der Waals surface area contributed by atoms with Crippen LogP contribution in [0.25, 0.3) is 0 Å². The molecule has 0 radical (unpaired) electrons. The summed E-state index contributed by atoms with van der Waals surface area (Å²) < 4.78 is 5.31. The van der Waals surface area contributed by atoms with Gasteiger partial charge in [-0.3, -0.25) is 4.79 Å². The van der Waals surface area contributed by atoms with Gasteiger partial charge in [0.1, 0.15) is 24.4 Å². The van der Waals surface area contributed by atoms with Gasteiger partial charge in [0.25, 0.3) is 5.91 Å². The first kappa shape index (κ1) is 26.3. The molecule has 1 amide bonds. The van der Waals surface area contributed by atoms with Crippen LogP contribution in [0, 0.1) is 0 Å². The minimum Gasteiger partial charge on any atom is -0.388 e. The zero-order chi connectivity index (χ0) is 21.6. The largest absolute Gasteiger partial charge is 0.388 e. The molecule has 1 aliphatic rings. The van der Waals surface area contributed by atoms with Crippen LogP contribution in [0.3, 0.4) is 0 Å². The van der Waals surface area contributed by atoms with Gasteiger partial charge in [-0.15, -0.1) is 0 Å². The molecule has 1 heterocycles.